The fourth-order valence-corrected chi connectivity index (χ4v) is 0.646. The molecule has 0 radical (unpaired) electrons. The predicted molar refractivity (Wildman–Crippen MR) is 48.3 cm³/mol. The van der Waals surface area contributed by atoms with Crippen molar-refractivity contribution in [1.29, 1.82) is 0 Å². The lowest BCUT2D eigenvalue weighted by Gasteiger charge is -1.87. The van der Waals surface area contributed by atoms with E-state index in [1.165, 1.54) is 6.08 Å². The van der Waals surface area contributed by atoms with Gasteiger partial charge in [0.25, 0.3) is 0 Å². The highest BCUT2D eigenvalue weighted by Gasteiger charge is 1.79. The van der Waals surface area contributed by atoms with Crippen molar-refractivity contribution < 1.29 is 4.79 Å². The van der Waals surface area contributed by atoms with Crippen molar-refractivity contribution in [3.8, 4) is 0 Å². The van der Waals surface area contributed by atoms with Crippen molar-refractivity contribution in [3.63, 3.8) is 0 Å². The summed E-state index contributed by atoms with van der Waals surface area (Å²) < 4.78 is 0. The average Bonchev–Trinajstić information content (AvgIpc) is 2.01. The van der Waals surface area contributed by atoms with Crippen molar-refractivity contribution in [2.24, 2.45) is 0 Å². The second kappa shape index (κ2) is 6.75. The van der Waals surface area contributed by atoms with E-state index in [9.17, 15) is 4.79 Å². The SMILES string of the molecule is C=C/C=C(\C=C/C)/C=C/C=O. The van der Waals surface area contributed by atoms with Crippen LogP contribution in [-0.4, -0.2) is 6.29 Å². The highest BCUT2D eigenvalue weighted by atomic mass is 16.1. The van der Waals surface area contributed by atoms with Gasteiger partial charge in [-0.15, -0.1) is 0 Å². The molecule has 1 nitrogen and oxygen atoms in total. The Hall–Kier alpha value is -1.37. The minimum atomic E-state index is 0.750. The summed E-state index contributed by atoms with van der Waals surface area (Å²) in [6.45, 7) is 5.48. The molecule has 0 aromatic carbocycles. The van der Waals surface area contributed by atoms with Crippen LogP contribution in [-0.2, 0) is 4.79 Å². The first kappa shape index (κ1) is 9.63. The molecule has 0 aromatic heterocycles. The van der Waals surface area contributed by atoms with E-state index in [1.54, 1.807) is 12.2 Å². The van der Waals surface area contributed by atoms with E-state index in [-0.39, 0.29) is 0 Å². The first-order valence-corrected chi connectivity index (χ1v) is 3.42. The number of allylic oxidation sites excluding steroid dienone is 7. The summed E-state index contributed by atoms with van der Waals surface area (Å²) in [4.78, 5) is 9.95. The van der Waals surface area contributed by atoms with Gasteiger partial charge in [-0.05, 0) is 18.6 Å². The van der Waals surface area contributed by atoms with Crippen LogP contribution in [0.15, 0.2) is 48.6 Å². The summed E-state index contributed by atoms with van der Waals surface area (Å²) in [5.41, 5.74) is 0.967. The van der Waals surface area contributed by atoms with E-state index in [0.29, 0.717) is 0 Å². The molecule has 0 aliphatic heterocycles. The molecule has 0 bridgehead atoms. The van der Waals surface area contributed by atoms with Crippen LogP contribution in [0.4, 0.5) is 0 Å². The van der Waals surface area contributed by atoms with Crippen LogP contribution >= 0.6 is 0 Å². The van der Waals surface area contributed by atoms with Crippen molar-refractivity contribution in [3.05, 3.63) is 48.6 Å². The number of aldehydes is 1. The highest BCUT2D eigenvalue weighted by Crippen LogP contribution is 1.98. The fourth-order valence-electron chi connectivity index (χ4n) is 0.646. The zero-order chi connectivity index (χ0) is 8.53. The van der Waals surface area contributed by atoms with Gasteiger partial charge in [0, 0.05) is 0 Å². The number of hydrogen-bond donors (Lipinski definition) is 0. The molecule has 0 spiro atoms. The van der Waals surface area contributed by atoms with Gasteiger partial charge in [-0.1, -0.05) is 37.0 Å². The van der Waals surface area contributed by atoms with Crippen molar-refractivity contribution in [2.75, 3.05) is 0 Å². The van der Waals surface area contributed by atoms with Gasteiger partial charge in [-0.2, -0.15) is 0 Å². The van der Waals surface area contributed by atoms with Crippen molar-refractivity contribution >= 4 is 6.29 Å². The molecule has 58 valence electrons. The molecule has 0 fully saturated rings. The second-order valence-corrected chi connectivity index (χ2v) is 1.90. The summed E-state index contributed by atoms with van der Waals surface area (Å²) in [6, 6.07) is 0. The summed E-state index contributed by atoms with van der Waals surface area (Å²) in [7, 11) is 0. The van der Waals surface area contributed by atoms with Gasteiger partial charge in [0.1, 0.15) is 6.29 Å². The van der Waals surface area contributed by atoms with Crippen LogP contribution in [0.3, 0.4) is 0 Å². The maximum atomic E-state index is 9.95. The molecule has 1 heteroatoms. The molecule has 11 heavy (non-hydrogen) atoms. The topological polar surface area (TPSA) is 17.1 Å². The average molecular weight is 148 g/mol. The van der Waals surface area contributed by atoms with Gasteiger partial charge >= 0.3 is 0 Å². The number of carbonyl (C=O) groups excluding carboxylic acids is 1. The lowest BCUT2D eigenvalue weighted by Crippen LogP contribution is -1.69. The summed E-state index contributed by atoms with van der Waals surface area (Å²) >= 11 is 0. The Bertz CT molecular complexity index is 207. The van der Waals surface area contributed by atoms with E-state index >= 15 is 0 Å². The molecule has 0 saturated heterocycles. The standard InChI is InChI=1S/C10H12O/c1-3-6-10(7-4-2)8-5-9-11/h3-9H,1H2,2H3/b7-4-,8-5+,10-6+. The minimum absolute atomic E-state index is 0.750. The third-order valence-corrected chi connectivity index (χ3v) is 1.04. The zero-order valence-corrected chi connectivity index (χ0v) is 6.66. The first-order valence-electron chi connectivity index (χ1n) is 3.42. The van der Waals surface area contributed by atoms with Gasteiger partial charge in [0.2, 0.25) is 0 Å². The Labute approximate surface area is 67.4 Å². The first-order chi connectivity index (χ1) is 5.35. The van der Waals surface area contributed by atoms with Crippen LogP contribution in [0, 0.1) is 0 Å². The second-order valence-electron chi connectivity index (χ2n) is 1.90. The molecule has 0 saturated carbocycles. The molecule has 0 aromatic rings. The number of carbonyl (C=O) groups is 1. The molecular weight excluding hydrogens is 136 g/mol. The quantitative estimate of drug-likeness (QED) is 0.340. The van der Waals surface area contributed by atoms with E-state index in [0.717, 1.165) is 11.9 Å². The Kier molecular flexibility index (Phi) is 5.91. The van der Waals surface area contributed by atoms with Crippen LogP contribution in [0.5, 0.6) is 0 Å². The summed E-state index contributed by atoms with van der Waals surface area (Å²) in [5.74, 6) is 0. The monoisotopic (exact) mass is 148 g/mol. The van der Waals surface area contributed by atoms with Gasteiger partial charge < -0.3 is 0 Å². The van der Waals surface area contributed by atoms with Crippen molar-refractivity contribution in [1.82, 2.24) is 0 Å². The molecular formula is C10H12O. The fraction of sp³-hybridized carbons (Fsp3) is 0.100. The van der Waals surface area contributed by atoms with E-state index in [1.807, 2.05) is 25.2 Å². The molecule has 0 aliphatic rings. The van der Waals surface area contributed by atoms with Crippen LogP contribution < -0.4 is 0 Å². The molecule has 0 amide bonds. The third-order valence-electron chi connectivity index (χ3n) is 1.04. The maximum absolute atomic E-state index is 9.95. The normalized spacial score (nSPS) is 12.6. The maximum Gasteiger partial charge on any atom is 0.142 e. The largest absolute Gasteiger partial charge is 0.299 e. The molecule has 0 N–H and O–H groups in total. The molecule has 0 aliphatic carbocycles. The van der Waals surface area contributed by atoms with Gasteiger partial charge in [0.15, 0.2) is 0 Å². The van der Waals surface area contributed by atoms with Gasteiger partial charge in [-0.3, -0.25) is 4.79 Å². The van der Waals surface area contributed by atoms with Crippen LogP contribution in [0.25, 0.3) is 0 Å². The smallest absolute Gasteiger partial charge is 0.142 e. The Morgan fingerprint density at radius 3 is 2.55 bits per heavy atom. The molecule has 0 rings (SSSR count). The lowest BCUT2D eigenvalue weighted by atomic mass is 10.2. The van der Waals surface area contributed by atoms with Crippen molar-refractivity contribution in [2.45, 2.75) is 6.92 Å². The van der Waals surface area contributed by atoms with E-state index < -0.39 is 0 Å². The summed E-state index contributed by atoms with van der Waals surface area (Å²) in [5, 5.41) is 0. The molecule has 0 heterocycles. The highest BCUT2D eigenvalue weighted by molar-refractivity contribution is 5.66. The molecule has 0 atom stereocenters. The summed E-state index contributed by atoms with van der Waals surface area (Å²) in [6.07, 6.45) is 11.3. The van der Waals surface area contributed by atoms with Crippen LogP contribution in [0.1, 0.15) is 6.92 Å². The van der Waals surface area contributed by atoms with Gasteiger partial charge in [-0.25, -0.2) is 0 Å². The van der Waals surface area contributed by atoms with E-state index in [2.05, 4.69) is 6.58 Å². The van der Waals surface area contributed by atoms with Crippen LogP contribution in [0.2, 0.25) is 0 Å². The van der Waals surface area contributed by atoms with Gasteiger partial charge in [0.05, 0.1) is 0 Å². The van der Waals surface area contributed by atoms with E-state index in [4.69, 9.17) is 0 Å². The number of rotatable bonds is 4. The number of hydrogen-bond acceptors (Lipinski definition) is 1. The zero-order valence-electron chi connectivity index (χ0n) is 6.66. The third kappa shape index (κ3) is 5.09. The Morgan fingerprint density at radius 1 is 1.36 bits per heavy atom. The molecule has 0 unspecified atom stereocenters. The Morgan fingerprint density at radius 2 is 2.09 bits per heavy atom. The Balaban J connectivity index is 4.33. The minimum Gasteiger partial charge on any atom is -0.299 e. The lowest BCUT2D eigenvalue weighted by molar-refractivity contribution is -0.104. The predicted octanol–water partition coefficient (Wildman–Crippen LogP) is 2.43.